The molecule has 51 heavy (non-hydrogen) atoms. The molecule has 5 rings (SSSR count). The van der Waals surface area contributed by atoms with Crippen LogP contribution in [0, 0.1) is 6.92 Å². The average molecular weight is 719 g/mol. The van der Waals surface area contributed by atoms with Crippen molar-refractivity contribution in [3.8, 4) is 34.3 Å². The smallest absolute Gasteiger partial charge is 0.339 e. The van der Waals surface area contributed by atoms with E-state index in [0.717, 1.165) is 12.1 Å². The summed E-state index contributed by atoms with van der Waals surface area (Å²) in [5, 5.41) is 81.7. The number of carbonyl (C=O) groups is 1. The van der Waals surface area contributed by atoms with E-state index in [1.54, 1.807) is 6.92 Å². The van der Waals surface area contributed by atoms with E-state index in [4.69, 9.17) is 32.8 Å². The summed E-state index contributed by atoms with van der Waals surface area (Å²) in [6.07, 6.45) is -14.1. The van der Waals surface area contributed by atoms with Gasteiger partial charge in [0.1, 0.15) is 71.5 Å². The third-order valence-electron chi connectivity index (χ3n) is 8.22. The van der Waals surface area contributed by atoms with Crippen molar-refractivity contribution < 1.29 is 78.5 Å². The van der Waals surface area contributed by atoms with Crippen LogP contribution in [0.1, 0.15) is 11.1 Å². The highest BCUT2D eigenvalue weighted by molar-refractivity contribution is 5.87. The highest BCUT2D eigenvalue weighted by Gasteiger charge is 2.48. The van der Waals surface area contributed by atoms with Crippen molar-refractivity contribution >= 4 is 12.0 Å². The zero-order valence-electron chi connectivity index (χ0n) is 27.2. The van der Waals surface area contributed by atoms with Gasteiger partial charge in [0.2, 0.25) is 12.6 Å². The van der Waals surface area contributed by atoms with Crippen molar-refractivity contribution in [3.63, 3.8) is 0 Å². The molecule has 2 saturated heterocycles. The number of ether oxygens (including phenoxy) is 6. The molecule has 17 nitrogen and oxygen atoms in total. The van der Waals surface area contributed by atoms with Crippen molar-refractivity contribution in [2.45, 2.75) is 68.3 Å². The molecular weight excluding hydrogens is 680 g/mol. The van der Waals surface area contributed by atoms with E-state index in [1.807, 2.05) is 0 Å². The Morgan fingerprint density at radius 2 is 1.45 bits per heavy atom. The minimum Gasteiger partial charge on any atom is -0.508 e. The van der Waals surface area contributed by atoms with E-state index in [1.165, 1.54) is 55.7 Å². The van der Waals surface area contributed by atoms with Crippen LogP contribution >= 0.6 is 0 Å². The van der Waals surface area contributed by atoms with Gasteiger partial charge in [0.25, 0.3) is 0 Å². The number of aryl methyl sites for hydroxylation is 1. The molecule has 3 aromatic rings. The minimum absolute atomic E-state index is 0.00936. The van der Waals surface area contributed by atoms with Crippen LogP contribution in [0.2, 0.25) is 0 Å². The molecule has 17 heteroatoms. The summed E-state index contributed by atoms with van der Waals surface area (Å²) in [4.78, 5) is 25.4. The first-order chi connectivity index (χ1) is 24.3. The molecule has 10 atom stereocenters. The van der Waals surface area contributed by atoms with Crippen molar-refractivity contribution in [1.82, 2.24) is 0 Å². The van der Waals surface area contributed by atoms with Gasteiger partial charge in [0.15, 0.2) is 6.10 Å². The van der Waals surface area contributed by atoms with Gasteiger partial charge in [-0.2, -0.15) is 0 Å². The van der Waals surface area contributed by atoms with Gasteiger partial charge in [0, 0.05) is 18.2 Å². The van der Waals surface area contributed by atoms with Crippen LogP contribution in [-0.2, 0) is 19.0 Å². The van der Waals surface area contributed by atoms with Gasteiger partial charge in [-0.05, 0) is 42.3 Å². The van der Waals surface area contributed by atoms with Crippen LogP contribution in [0.4, 0.5) is 0 Å². The number of rotatable bonds is 11. The lowest BCUT2D eigenvalue weighted by molar-refractivity contribution is -0.281. The van der Waals surface area contributed by atoms with Crippen molar-refractivity contribution in [2.24, 2.45) is 0 Å². The SMILES string of the molecule is COc1cc(-c2c(C)cc(O[C@@H]3O[C@H](CO)[C@@H](O)[C@H](O)[C@H]3O)cc2O[C@@H]2O[C@H](CO)[C@@H](O)[C@H](O)[C@H]2OC(=O)C=Cc2ccc(O)cc2)oc(=O)c1. The maximum Gasteiger partial charge on any atom is 0.339 e. The van der Waals surface area contributed by atoms with Crippen LogP contribution in [0.5, 0.6) is 23.0 Å². The van der Waals surface area contributed by atoms with Gasteiger partial charge < -0.3 is 73.7 Å². The van der Waals surface area contributed by atoms with Crippen LogP contribution in [0.3, 0.4) is 0 Å². The number of benzene rings is 2. The summed E-state index contributed by atoms with van der Waals surface area (Å²) < 4.78 is 39.3. The Hall–Kier alpha value is -4.56. The summed E-state index contributed by atoms with van der Waals surface area (Å²) in [6.45, 7) is 0.0656. The summed E-state index contributed by atoms with van der Waals surface area (Å²) in [7, 11) is 1.33. The lowest BCUT2D eigenvalue weighted by Crippen LogP contribution is -2.61. The third kappa shape index (κ3) is 8.50. The number of phenolic OH excluding ortho intramolecular Hbond substituents is 1. The molecular formula is C34H38O17. The highest BCUT2D eigenvalue weighted by atomic mass is 16.7. The number of hydrogen-bond acceptors (Lipinski definition) is 17. The molecule has 0 amide bonds. The van der Waals surface area contributed by atoms with E-state index in [-0.39, 0.29) is 34.3 Å². The molecule has 8 N–H and O–H groups in total. The Balaban J connectivity index is 1.53. The quantitative estimate of drug-likeness (QED) is 0.0868. The molecule has 3 heterocycles. The summed E-state index contributed by atoms with van der Waals surface area (Å²) >= 11 is 0. The second-order valence-corrected chi connectivity index (χ2v) is 11.8. The Morgan fingerprint density at radius 3 is 2.10 bits per heavy atom. The number of phenols is 1. The fourth-order valence-electron chi connectivity index (χ4n) is 5.52. The molecule has 2 fully saturated rings. The molecule has 0 saturated carbocycles. The van der Waals surface area contributed by atoms with Gasteiger partial charge in [-0.15, -0.1) is 0 Å². The molecule has 276 valence electrons. The number of hydrogen-bond donors (Lipinski definition) is 8. The maximum absolute atomic E-state index is 12.9. The topological polar surface area (TPSA) is 264 Å². The number of methoxy groups -OCH3 is 1. The van der Waals surface area contributed by atoms with E-state index < -0.39 is 86.2 Å². The first-order valence-electron chi connectivity index (χ1n) is 15.6. The Labute approximate surface area is 289 Å². The molecule has 0 unspecified atom stereocenters. The number of carbonyl (C=O) groups excluding carboxylic acids is 1. The van der Waals surface area contributed by atoms with E-state index in [2.05, 4.69) is 0 Å². The molecule has 2 aliphatic rings. The lowest BCUT2D eigenvalue weighted by atomic mass is 9.98. The Bertz CT molecular complexity index is 1740. The fourth-order valence-corrected chi connectivity index (χ4v) is 5.52. The second-order valence-electron chi connectivity index (χ2n) is 11.8. The molecule has 0 spiro atoms. The van der Waals surface area contributed by atoms with E-state index in [0.29, 0.717) is 11.1 Å². The average Bonchev–Trinajstić information content (AvgIpc) is 3.10. The zero-order chi connectivity index (χ0) is 37.0. The maximum atomic E-state index is 12.9. The summed E-state index contributed by atoms with van der Waals surface area (Å²) in [6, 6.07) is 11.0. The first kappa shape index (κ1) is 37.7. The van der Waals surface area contributed by atoms with Crippen LogP contribution in [0.15, 0.2) is 63.8 Å². The number of esters is 1. The summed E-state index contributed by atoms with van der Waals surface area (Å²) in [5.74, 6) is -1.22. The van der Waals surface area contributed by atoms with Crippen LogP contribution in [-0.4, -0.2) is 129 Å². The number of aliphatic hydroxyl groups excluding tert-OH is 7. The van der Waals surface area contributed by atoms with Gasteiger partial charge in [0.05, 0.1) is 32.0 Å². The van der Waals surface area contributed by atoms with Crippen LogP contribution < -0.4 is 19.8 Å². The minimum atomic E-state index is -1.85. The number of aromatic hydroxyl groups is 1. The number of aliphatic hydroxyl groups is 7. The molecule has 0 radical (unpaired) electrons. The van der Waals surface area contributed by atoms with Crippen LogP contribution in [0.25, 0.3) is 17.4 Å². The molecule has 0 aliphatic carbocycles. The fraction of sp³-hybridized carbons (Fsp3) is 0.412. The molecule has 2 aromatic carbocycles. The molecule has 1 aromatic heterocycles. The normalized spacial score (nSPS) is 29.4. The Morgan fingerprint density at radius 1 is 0.804 bits per heavy atom. The van der Waals surface area contributed by atoms with Gasteiger partial charge in [-0.25, -0.2) is 9.59 Å². The van der Waals surface area contributed by atoms with Crippen molar-refractivity contribution in [2.75, 3.05) is 20.3 Å². The predicted octanol–water partition coefficient (Wildman–Crippen LogP) is -1.05. The van der Waals surface area contributed by atoms with E-state index in [9.17, 15) is 50.4 Å². The monoisotopic (exact) mass is 718 g/mol. The third-order valence-corrected chi connectivity index (χ3v) is 8.22. The van der Waals surface area contributed by atoms with E-state index >= 15 is 0 Å². The zero-order valence-corrected chi connectivity index (χ0v) is 27.2. The van der Waals surface area contributed by atoms with Crippen molar-refractivity contribution in [3.05, 3.63) is 76.2 Å². The lowest BCUT2D eigenvalue weighted by Gasteiger charge is -2.41. The predicted molar refractivity (Wildman–Crippen MR) is 172 cm³/mol. The standard InChI is InChI=1S/C34H38O17/c1-15-9-19(46-33-31(44)29(42)27(40)22(13-35)49-33)11-21(26(15)20-10-18(45-2)12-25(39)47-20)48-34-32(30(43)28(41)23(14-36)50-34)51-24(38)8-5-16-3-6-17(37)7-4-16/h3-12,22-23,27-37,40-44H,13-14H2,1-2H3/t22-,23-,27-,28-,29+,30+,31-,32-,33-,34-/m1/s1. The molecule has 0 bridgehead atoms. The van der Waals surface area contributed by atoms with Crippen molar-refractivity contribution in [1.29, 1.82) is 0 Å². The largest absolute Gasteiger partial charge is 0.508 e. The van der Waals surface area contributed by atoms with Gasteiger partial charge in [-0.3, -0.25) is 0 Å². The van der Waals surface area contributed by atoms with Gasteiger partial charge in [-0.1, -0.05) is 12.1 Å². The first-order valence-corrected chi connectivity index (χ1v) is 15.6. The van der Waals surface area contributed by atoms with Gasteiger partial charge >= 0.3 is 11.6 Å². The Kier molecular flexibility index (Phi) is 12.0. The summed E-state index contributed by atoms with van der Waals surface area (Å²) in [5.41, 5.74) is 0.143. The molecule has 2 aliphatic heterocycles. The highest BCUT2D eigenvalue weighted by Crippen LogP contribution is 2.40. The second kappa shape index (κ2) is 16.2.